The van der Waals surface area contributed by atoms with Crippen molar-refractivity contribution < 1.29 is 14.3 Å². The van der Waals surface area contributed by atoms with Crippen LogP contribution in [0, 0.1) is 0 Å². The normalized spacial score (nSPS) is 11.7. The molecule has 0 atom stereocenters. The van der Waals surface area contributed by atoms with Gasteiger partial charge in [0.25, 0.3) is 5.91 Å². The van der Waals surface area contributed by atoms with Crippen LogP contribution in [0.3, 0.4) is 0 Å². The third kappa shape index (κ3) is 3.44. The van der Waals surface area contributed by atoms with Crippen LogP contribution < -0.4 is 14.3 Å². The maximum atomic E-state index is 12.5. The second-order valence-corrected chi connectivity index (χ2v) is 6.32. The first kappa shape index (κ1) is 17.2. The topological polar surface area (TPSA) is 52.8 Å². The van der Waals surface area contributed by atoms with Crippen LogP contribution in [-0.2, 0) is 6.54 Å². The molecule has 0 fully saturated rings. The lowest BCUT2D eigenvalue weighted by Crippen LogP contribution is -2.16. The standard InChI is InChI=1S/C19H20N2O3S/c1-4-21-17-15(24-5-2)7-6-8-16(17)25-19(21)20-18(22)13-9-11-14(23-3)12-10-13/h6-12H,4-5H2,1-3H3. The van der Waals surface area contributed by atoms with E-state index in [0.717, 1.165) is 16.0 Å². The number of thiazole rings is 1. The van der Waals surface area contributed by atoms with Crippen molar-refractivity contribution in [3.8, 4) is 11.5 Å². The largest absolute Gasteiger partial charge is 0.497 e. The quantitative estimate of drug-likeness (QED) is 0.697. The molecule has 3 aromatic rings. The average Bonchev–Trinajstić information content (AvgIpc) is 3.00. The Hall–Kier alpha value is -2.60. The fourth-order valence-corrected chi connectivity index (χ4v) is 3.74. The lowest BCUT2D eigenvalue weighted by molar-refractivity contribution is 0.0998. The van der Waals surface area contributed by atoms with E-state index in [9.17, 15) is 4.79 Å². The molecule has 0 aliphatic heterocycles. The highest BCUT2D eigenvalue weighted by atomic mass is 32.1. The van der Waals surface area contributed by atoms with Gasteiger partial charge in [0.15, 0.2) is 4.80 Å². The van der Waals surface area contributed by atoms with Crippen molar-refractivity contribution in [3.05, 3.63) is 52.8 Å². The number of amides is 1. The van der Waals surface area contributed by atoms with Crippen molar-refractivity contribution in [2.75, 3.05) is 13.7 Å². The summed E-state index contributed by atoms with van der Waals surface area (Å²) in [5, 5.41) is 0. The number of nitrogens with zero attached hydrogens (tertiary/aromatic N) is 2. The number of para-hydroxylation sites is 1. The van der Waals surface area contributed by atoms with Gasteiger partial charge in [-0.2, -0.15) is 4.99 Å². The van der Waals surface area contributed by atoms with Gasteiger partial charge in [-0.15, -0.1) is 0 Å². The summed E-state index contributed by atoms with van der Waals surface area (Å²) >= 11 is 1.49. The second-order valence-electron chi connectivity index (χ2n) is 5.31. The predicted octanol–water partition coefficient (Wildman–Crippen LogP) is 3.87. The number of aryl methyl sites for hydroxylation is 1. The van der Waals surface area contributed by atoms with Gasteiger partial charge in [-0.25, -0.2) is 0 Å². The number of carbonyl (C=O) groups is 1. The SMILES string of the molecule is CCOc1cccc2sc(=NC(=O)c3ccc(OC)cc3)n(CC)c12. The number of rotatable bonds is 5. The minimum absolute atomic E-state index is 0.269. The average molecular weight is 356 g/mol. The number of ether oxygens (including phenoxy) is 2. The van der Waals surface area contributed by atoms with Crippen LogP contribution in [0.25, 0.3) is 10.2 Å². The van der Waals surface area contributed by atoms with Gasteiger partial charge in [-0.1, -0.05) is 17.4 Å². The van der Waals surface area contributed by atoms with Crippen molar-refractivity contribution in [2.45, 2.75) is 20.4 Å². The summed E-state index contributed by atoms with van der Waals surface area (Å²) in [4.78, 5) is 17.5. The molecule has 0 aliphatic carbocycles. The monoisotopic (exact) mass is 356 g/mol. The second kappa shape index (κ2) is 7.53. The number of carbonyl (C=O) groups excluding carboxylic acids is 1. The zero-order valence-electron chi connectivity index (χ0n) is 14.5. The molecule has 0 saturated carbocycles. The van der Waals surface area contributed by atoms with Gasteiger partial charge >= 0.3 is 0 Å². The smallest absolute Gasteiger partial charge is 0.279 e. The van der Waals surface area contributed by atoms with Gasteiger partial charge in [0.1, 0.15) is 17.0 Å². The van der Waals surface area contributed by atoms with Gasteiger partial charge < -0.3 is 14.0 Å². The molecule has 0 saturated heterocycles. The molecule has 0 spiro atoms. The van der Waals surface area contributed by atoms with Crippen LogP contribution in [0.4, 0.5) is 0 Å². The van der Waals surface area contributed by atoms with Crippen LogP contribution in [0.15, 0.2) is 47.5 Å². The predicted molar refractivity (Wildman–Crippen MR) is 99.5 cm³/mol. The van der Waals surface area contributed by atoms with Crippen LogP contribution in [-0.4, -0.2) is 24.2 Å². The number of methoxy groups -OCH3 is 1. The Bertz CT molecular complexity index is 955. The molecule has 6 heteroatoms. The highest BCUT2D eigenvalue weighted by Gasteiger charge is 2.12. The summed E-state index contributed by atoms with van der Waals surface area (Å²) in [5.74, 6) is 1.26. The third-order valence-corrected chi connectivity index (χ3v) is 4.86. The summed E-state index contributed by atoms with van der Waals surface area (Å²) < 4.78 is 13.9. The Morgan fingerprint density at radius 1 is 1.16 bits per heavy atom. The van der Waals surface area contributed by atoms with E-state index in [-0.39, 0.29) is 5.91 Å². The van der Waals surface area contributed by atoms with E-state index in [0.29, 0.717) is 29.3 Å². The van der Waals surface area contributed by atoms with E-state index in [2.05, 4.69) is 4.99 Å². The molecule has 130 valence electrons. The lowest BCUT2D eigenvalue weighted by atomic mass is 10.2. The zero-order valence-corrected chi connectivity index (χ0v) is 15.3. The molecule has 1 heterocycles. The molecule has 25 heavy (non-hydrogen) atoms. The molecule has 0 radical (unpaired) electrons. The Morgan fingerprint density at radius 2 is 1.92 bits per heavy atom. The molecular weight excluding hydrogens is 336 g/mol. The van der Waals surface area contributed by atoms with E-state index in [1.165, 1.54) is 11.3 Å². The van der Waals surface area contributed by atoms with E-state index < -0.39 is 0 Å². The maximum Gasteiger partial charge on any atom is 0.279 e. The van der Waals surface area contributed by atoms with Crippen molar-refractivity contribution in [1.29, 1.82) is 0 Å². The summed E-state index contributed by atoms with van der Waals surface area (Å²) in [5.41, 5.74) is 1.52. The number of hydrogen-bond acceptors (Lipinski definition) is 4. The minimum atomic E-state index is -0.269. The first-order chi connectivity index (χ1) is 12.2. The molecular formula is C19H20N2O3S. The Labute approximate surface area is 150 Å². The van der Waals surface area contributed by atoms with Gasteiger partial charge in [-0.05, 0) is 50.2 Å². The van der Waals surface area contributed by atoms with Gasteiger partial charge in [-0.3, -0.25) is 4.79 Å². The number of benzene rings is 2. The number of hydrogen-bond donors (Lipinski definition) is 0. The highest BCUT2D eigenvalue weighted by Crippen LogP contribution is 2.27. The van der Waals surface area contributed by atoms with E-state index in [4.69, 9.17) is 9.47 Å². The van der Waals surface area contributed by atoms with Crippen LogP contribution >= 0.6 is 11.3 Å². The Balaban J connectivity index is 2.09. The number of aromatic nitrogens is 1. The summed E-state index contributed by atoms with van der Waals surface area (Å²) in [6, 6.07) is 12.9. The van der Waals surface area contributed by atoms with Gasteiger partial charge in [0.2, 0.25) is 0 Å². The molecule has 2 aromatic carbocycles. The van der Waals surface area contributed by atoms with Crippen molar-refractivity contribution in [2.24, 2.45) is 4.99 Å². The Kier molecular flexibility index (Phi) is 5.19. The summed E-state index contributed by atoms with van der Waals surface area (Å²) in [6.07, 6.45) is 0. The van der Waals surface area contributed by atoms with Crippen molar-refractivity contribution >= 4 is 27.5 Å². The molecule has 0 aliphatic rings. The molecule has 1 aromatic heterocycles. The third-order valence-electron chi connectivity index (χ3n) is 3.81. The summed E-state index contributed by atoms with van der Waals surface area (Å²) in [6.45, 7) is 5.29. The molecule has 0 bridgehead atoms. The first-order valence-corrected chi connectivity index (χ1v) is 8.97. The first-order valence-electron chi connectivity index (χ1n) is 8.16. The molecule has 1 amide bonds. The van der Waals surface area contributed by atoms with Crippen LogP contribution in [0.1, 0.15) is 24.2 Å². The van der Waals surface area contributed by atoms with Gasteiger partial charge in [0.05, 0.1) is 18.4 Å². The zero-order chi connectivity index (χ0) is 17.8. The fourth-order valence-electron chi connectivity index (χ4n) is 2.63. The van der Waals surface area contributed by atoms with E-state index in [1.54, 1.807) is 31.4 Å². The van der Waals surface area contributed by atoms with Crippen LogP contribution in [0.2, 0.25) is 0 Å². The summed E-state index contributed by atoms with van der Waals surface area (Å²) in [7, 11) is 1.60. The molecule has 0 unspecified atom stereocenters. The number of fused-ring (bicyclic) bond motifs is 1. The minimum Gasteiger partial charge on any atom is -0.497 e. The highest BCUT2D eigenvalue weighted by molar-refractivity contribution is 7.16. The molecule has 5 nitrogen and oxygen atoms in total. The lowest BCUT2D eigenvalue weighted by Gasteiger charge is -2.07. The van der Waals surface area contributed by atoms with E-state index >= 15 is 0 Å². The molecule has 3 rings (SSSR count). The van der Waals surface area contributed by atoms with Crippen molar-refractivity contribution in [1.82, 2.24) is 4.57 Å². The maximum absolute atomic E-state index is 12.5. The van der Waals surface area contributed by atoms with Crippen molar-refractivity contribution in [3.63, 3.8) is 0 Å². The molecule has 0 N–H and O–H groups in total. The van der Waals surface area contributed by atoms with Crippen LogP contribution in [0.5, 0.6) is 11.5 Å². The van der Waals surface area contributed by atoms with E-state index in [1.807, 2.05) is 36.6 Å². The Morgan fingerprint density at radius 3 is 2.56 bits per heavy atom. The van der Waals surface area contributed by atoms with Gasteiger partial charge in [0, 0.05) is 12.1 Å². The fraction of sp³-hybridized carbons (Fsp3) is 0.263.